The van der Waals surface area contributed by atoms with Crippen LogP contribution in [-0.2, 0) is 4.79 Å². The lowest BCUT2D eigenvalue weighted by atomic mass is 10.2. The number of benzene rings is 2. The van der Waals surface area contributed by atoms with Crippen LogP contribution in [0, 0.1) is 0 Å². The number of ether oxygens (including phenoxy) is 1. The summed E-state index contributed by atoms with van der Waals surface area (Å²) in [5.74, 6) is 0.765. The van der Waals surface area contributed by atoms with Crippen molar-refractivity contribution >= 4 is 16.9 Å². The summed E-state index contributed by atoms with van der Waals surface area (Å²) in [6.45, 7) is -0.156. The molecule has 1 heterocycles. The predicted molar refractivity (Wildman–Crippen MR) is 76.2 cm³/mol. The van der Waals surface area contributed by atoms with Crippen LogP contribution in [0.2, 0.25) is 0 Å². The van der Waals surface area contributed by atoms with Crippen molar-refractivity contribution in [1.82, 2.24) is 9.97 Å². The summed E-state index contributed by atoms with van der Waals surface area (Å²) in [6, 6.07) is 15.2. The molecule has 0 unspecified atom stereocenters. The monoisotopic (exact) mass is 267 g/mol. The number of aromatic nitrogens is 2. The highest BCUT2D eigenvalue weighted by Gasteiger charge is 2.10. The first-order valence-corrected chi connectivity index (χ1v) is 6.19. The van der Waals surface area contributed by atoms with E-state index >= 15 is 0 Å². The van der Waals surface area contributed by atoms with Crippen molar-refractivity contribution in [1.29, 1.82) is 0 Å². The molecule has 0 radical (unpaired) electrons. The van der Waals surface area contributed by atoms with Crippen LogP contribution in [0.4, 0.5) is 0 Å². The van der Waals surface area contributed by atoms with Gasteiger partial charge in [-0.25, -0.2) is 4.98 Å². The molecule has 3 aromatic rings. The van der Waals surface area contributed by atoms with E-state index < -0.39 is 5.91 Å². The lowest BCUT2D eigenvalue weighted by Gasteiger charge is -2.07. The Morgan fingerprint density at radius 3 is 2.70 bits per heavy atom. The molecule has 0 atom stereocenters. The molecule has 0 saturated carbocycles. The largest absolute Gasteiger partial charge is 0.483 e. The van der Waals surface area contributed by atoms with Gasteiger partial charge in [-0.05, 0) is 24.3 Å². The molecule has 100 valence electrons. The summed E-state index contributed by atoms with van der Waals surface area (Å²) in [4.78, 5) is 18.6. The number of rotatable bonds is 4. The van der Waals surface area contributed by atoms with Crippen LogP contribution in [-0.4, -0.2) is 22.5 Å². The maximum Gasteiger partial charge on any atom is 0.255 e. The van der Waals surface area contributed by atoms with Gasteiger partial charge in [0.05, 0.1) is 16.6 Å². The van der Waals surface area contributed by atoms with Crippen LogP contribution in [0.25, 0.3) is 22.4 Å². The molecule has 0 bridgehead atoms. The minimum absolute atomic E-state index is 0.156. The van der Waals surface area contributed by atoms with E-state index in [-0.39, 0.29) is 6.61 Å². The Hall–Kier alpha value is -2.82. The van der Waals surface area contributed by atoms with E-state index in [4.69, 9.17) is 10.5 Å². The van der Waals surface area contributed by atoms with Gasteiger partial charge in [-0.1, -0.05) is 24.3 Å². The average molecular weight is 267 g/mol. The number of nitrogens with two attached hydrogens (primary N) is 1. The molecule has 0 aliphatic heterocycles. The number of primary amides is 1. The Balaban J connectivity index is 2.02. The van der Waals surface area contributed by atoms with Crippen LogP contribution in [0.1, 0.15) is 0 Å². The first-order valence-electron chi connectivity index (χ1n) is 6.19. The van der Waals surface area contributed by atoms with Gasteiger partial charge in [0.15, 0.2) is 6.61 Å². The molecule has 3 N–H and O–H groups in total. The molecule has 5 nitrogen and oxygen atoms in total. The predicted octanol–water partition coefficient (Wildman–Crippen LogP) is 2.09. The van der Waals surface area contributed by atoms with Gasteiger partial charge >= 0.3 is 0 Å². The molecule has 0 spiro atoms. The number of H-pyrrole nitrogens is 1. The van der Waals surface area contributed by atoms with Crippen molar-refractivity contribution in [2.45, 2.75) is 0 Å². The van der Waals surface area contributed by atoms with Gasteiger partial charge in [-0.15, -0.1) is 0 Å². The van der Waals surface area contributed by atoms with Gasteiger partial charge in [0.2, 0.25) is 0 Å². The molecular formula is C15H13N3O2. The number of carbonyl (C=O) groups is 1. The van der Waals surface area contributed by atoms with E-state index in [1.54, 1.807) is 6.07 Å². The Morgan fingerprint density at radius 1 is 1.15 bits per heavy atom. The third-order valence-corrected chi connectivity index (χ3v) is 2.90. The standard InChI is InChI=1S/C15H13N3O2/c16-14(19)9-20-13-8-4-1-5-10(13)15-17-11-6-2-3-7-12(11)18-15/h1-8H,9H2,(H2,16,19)(H,17,18). The topological polar surface area (TPSA) is 81.0 Å². The summed E-state index contributed by atoms with van der Waals surface area (Å²) in [7, 11) is 0. The van der Waals surface area contributed by atoms with Crippen molar-refractivity contribution in [2.75, 3.05) is 6.61 Å². The van der Waals surface area contributed by atoms with E-state index in [1.807, 2.05) is 42.5 Å². The summed E-state index contributed by atoms with van der Waals surface area (Å²) in [6.07, 6.45) is 0. The Bertz CT molecular complexity index is 731. The van der Waals surface area contributed by atoms with Crippen molar-refractivity contribution in [2.24, 2.45) is 5.73 Å². The van der Waals surface area contributed by atoms with E-state index in [0.717, 1.165) is 16.6 Å². The second-order valence-electron chi connectivity index (χ2n) is 4.35. The Kier molecular flexibility index (Phi) is 3.09. The normalized spacial score (nSPS) is 10.6. The molecule has 20 heavy (non-hydrogen) atoms. The number of aromatic amines is 1. The van der Waals surface area contributed by atoms with E-state index in [0.29, 0.717) is 11.6 Å². The van der Waals surface area contributed by atoms with Crippen molar-refractivity contribution in [3.8, 4) is 17.1 Å². The van der Waals surface area contributed by atoms with Crippen molar-refractivity contribution in [3.63, 3.8) is 0 Å². The highest BCUT2D eigenvalue weighted by molar-refractivity contribution is 5.81. The fourth-order valence-electron chi connectivity index (χ4n) is 2.02. The number of para-hydroxylation sites is 3. The third-order valence-electron chi connectivity index (χ3n) is 2.90. The van der Waals surface area contributed by atoms with Gasteiger partial charge in [0.25, 0.3) is 5.91 Å². The number of amides is 1. The first-order chi connectivity index (χ1) is 9.74. The van der Waals surface area contributed by atoms with E-state index in [2.05, 4.69) is 9.97 Å². The molecule has 0 saturated heterocycles. The second kappa shape index (κ2) is 5.05. The molecule has 2 aromatic carbocycles. The maximum absolute atomic E-state index is 10.8. The van der Waals surface area contributed by atoms with Crippen molar-refractivity contribution < 1.29 is 9.53 Å². The van der Waals surface area contributed by atoms with Crippen LogP contribution in [0.15, 0.2) is 48.5 Å². The van der Waals surface area contributed by atoms with Crippen LogP contribution in [0.5, 0.6) is 5.75 Å². The van der Waals surface area contributed by atoms with E-state index in [1.165, 1.54) is 0 Å². The van der Waals surface area contributed by atoms with Gasteiger partial charge < -0.3 is 15.5 Å². The Morgan fingerprint density at radius 2 is 1.90 bits per heavy atom. The first kappa shape index (κ1) is 12.2. The smallest absolute Gasteiger partial charge is 0.255 e. The van der Waals surface area contributed by atoms with E-state index in [9.17, 15) is 4.79 Å². The maximum atomic E-state index is 10.8. The summed E-state index contributed by atoms with van der Waals surface area (Å²) in [5.41, 5.74) is 7.73. The van der Waals surface area contributed by atoms with Gasteiger partial charge in [-0.3, -0.25) is 4.79 Å². The third kappa shape index (κ3) is 2.33. The zero-order valence-corrected chi connectivity index (χ0v) is 10.7. The average Bonchev–Trinajstić information content (AvgIpc) is 2.89. The Labute approximate surface area is 115 Å². The summed E-state index contributed by atoms with van der Waals surface area (Å²) < 4.78 is 5.41. The zero-order chi connectivity index (χ0) is 13.9. The molecule has 0 fully saturated rings. The van der Waals surface area contributed by atoms with Crippen LogP contribution < -0.4 is 10.5 Å². The lowest BCUT2D eigenvalue weighted by molar-refractivity contribution is -0.119. The molecule has 0 aliphatic rings. The van der Waals surface area contributed by atoms with Gasteiger partial charge in [0, 0.05) is 0 Å². The minimum atomic E-state index is -0.510. The van der Waals surface area contributed by atoms with Crippen LogP contribution >= 0.6 is 0 Å². The highest BCUT2D eigenvalue weighted by Crippen LogP contribution is 2.29. The molecule has 1 amide bonds. The molecule has 1 aromatic heterocycles. The van der Waals surface area contributed by atoms with Crippen LogP contribution in [0.3, 0.4) is 0 Å². The minimum Gasteiger partial charge on any atom is -0.483 e. The number of nitrogens with zero attached hydrogens (tertiary/aromatic N) is 1. The SMILES string of the molecule is NC(=O)COc1ccccc1-c1nc2ccccc2[nH]1. The van der Waals surface area contributed by atoms with Gasteiger partial charge in [0.1, 0.15) is 11.6 Å². The highest BCUT2D eigenvalue weighted by atomic mass is 16.5. The summed E-state index contributed by atoms with van der Waals surface area (Å²) >= 11 is 0. The number of hydrogen-bond donors (Lipinski definition) is 2. The molecular weight excluding hydrogens is 254 g/mol. The fourth-order valence-corrected chi connectivity index (χ4v) is 2.02. The lowest BCUT2D eigenvalue weighted by Crippen LogP contribution is -2.20. The number of nitrogens with one attached hydrogen (secondary N) is 1. The fraction of sp³-hybridized carbons (Fsp3) is 0.0667. The summed E-state index contributed by atoms with van der Waals surface area (Å²) in [5, 5.41) is 0. The number of hydrogen-bond acceptors (Lipinski definition) is 3. The van der Waals surface area contributed by atoms with Crippen molar-refractivity contribution in [3.05, 3.63) is 48.5 Å². The second-order valence-corrected chi connectivity index (χ2v) is 4.35. The number of imidazole rings is 1. The quantitative estimate of drug-likeness (QED) is 0.759. The molecule has 5 heteroatoms. The zero-order valence-electron chi connectivity index (χ0n) is 10.7. The molecule has 3 rings (SSSR count). The van der Waals surface area contributed by atoms with Gasteiger partial charge in [-0.2, -0.15) is 0 Å². The molecule has 0 aliphatic carbocycles. The number of carbonyl (C=O) groups excluding carboxylic acids is 1. The number of fused-ring (bicyclic) bond motifs is 1.